The molecule has 6 heteroatoms. The second kappa shape index (κ2) is 8.06. The fourth-order valence-corrected chi connectivity index (χ4v) is 1.23. The van der Waals surface area contributed by atoms with Crippen molar-refractivity contribution in [3.8, 4) is 0 Å². The molecule has 0 aliphatic heterocycles. The molecule has 0 bridgehead atoms. The van der Waals surface area contributed by atoms with Gasteiger partial charge in [-0.1, -0.05) is 13.8 Å². The van der Waals surface area contributed by atoms with Gasteiger partial charge in [0.1, 0.15) is 6.61 Å². The van der Waals surface area contributed by atoms with Gasteiger partial charge in [0.2, 0.25) is 11.8 Å². The molecule has 6 nitrogen and oxygen atoms in total. The van der Waals surface area contributed by atoms with Crippen LogP contribution in [-0.4, -0.2) is 38.1 Å². The lowest BCUT2D eigenvalue weighted by Gasteiger charge is -2.18. The Bertz CT molecular complexity index is 231. The summed E-state index contributed by atoms with van der Waals surface area (Å²) in [5.74, 6) is -0.582. The van der Waals surface area contributed by atoms with E-state index in [-0.39, 0.29) is 31.0 Å². The van der Waals surface area contributed by atoms with Crippen molar-refractivity contribution in [1.82, 2.24) is 5.32 Å². The van der Waals surface area contributed by atoms with Crippen LogP contribution in [0.2, 0.25) is 0 Å². The third-order valence-corrected chi connectivity index (χ3v) is 2.19. The normalized spacial score (nSPS) is 12.5. The van der Waals surface area contributed by atoms with Gasteiger partial charge in [-0.15, -0.1) is 0 Å². The van der Waals surface area contributed by atoms with Crippen LogP contribution in [0.3, 0.4) is 0 Å². The van der Waals surface area contributed by atoms with Gasteiger partial charge in [0, 0.05) is 13.1 Å². The first kappa shape index (κ1) is 14.9. The summed E-state index contributed by atoms with van der Waals surface area (Å²) < 4.78 is 4.90. The quantitative estimate of drug-likeness (QED) is 0.458. The monoisotopic (exact) mass is 231 g/mol. The van der Waals surface area contributed by atoms with Crippen LogP contribution in [0.4, 0.5) is 0 Å². The van der Waals surface area contributed by atoms with E-state index in [0.717, 1.165) is 0 Å². The number of rotatable bonds is 8. The molecule has 0 saturated carbocycles. The maximum absolute atomic E-state index is 11.6. The molecule has 0 aliphatic rings. The molecule has 5 N–H and O–H groups in total. The predicted molar refractivity (Wildman–Crippen MR) is 60.4 cm³/mol. The van der Waals surface area contributed by atoms with Crippen LogP contribution in [0.1, 0.15) is 13.8 Å². The molecule has 1 atom stereocenters. The Morgan fingerprint density at radius 1 is 1.38 bits per heavy atom. The van der Waals surface area contributed by atoms with Crippen molar-refractivity contribution < 1.29 is 14.3 Å². The zero-order valence-electron chi connectivity index (χ0n) is 9.86. The summed E-state index contributed by atoms with van der Waals surface area (Å²) in [6.07, 6.45) is 0. The highest BCUT2D eigenvalue weighted by Gasteiger charge is 2.19. The molecule has 0 radical (unpaired) electrons. The van der Waals surface area contributed by atoms with Crippen molar-refractivity contribution >= 4 is 11.8 Å². The van der Waals surface area contributed by atoms with Gasteiger partial charge < -0.3 is 21.5 Å². The van der Waals surface area contributed by atoms with E-state index in [1.807, 2.05) is 13.8 Å². The molecule has 0 aliphatic carbocycles. The second-order valence-electron chi connectivity index (χ2n) is 3.90. The summed E-state index contributed by atoms with van der Waals surface area (Å²) in [7, 11) is 0. The van der Waals surface area contributed by atoms with Gasteiger partial charge in [0.15, 0.2) is 0 Å². The maximum atomic E-state index is 11.6. The number of nitrogens with one attached hydrogen (secondary N) is 1. The van der Waals surface area contributed by atoms with E-state index < -0.39 is 5.91 Å². The van der Waals surface area contributed by atoms with Crippen LogP contribution in [0.25, 0.3) is 0 Å². The third-order valence-electron chi connectivity index (χ3n) is 2.19. The van der Waals surface area contributed by atoms with Gasteiger partial charge in [-0.2, -0.15) is 0 Å². The largest absolute Gasteiger partial charge is 0.370 e. The Hall–Kier alpha value is -1.14. The fraction of sp³-hybridized carbons (Fsp3) is 0.800. The van der Waals surface area contributed by atoms with Crippen molar-refractivity contribution in [1.29, 1.82) is 0 Å². The number of carbonyl (C=O) groups excluding carboxylic acids is 2. The Morgan fingerprint density at radius 3 is 2.44 bits per heavy atom. The zero-order valence-corrected chi connectivity index (χ0v) is 9.86. The van der Waals surface area contributed by atoms with Crippen molar-refractivity contribution in [2.75, 3.05) is 26.3 Å². The van der Waals surface area contributed by atoms with E-state index in [1.54, 1.807) is 0 Å². The van der Waals surface area contributed by atoms with Crippen molar-refractivity contribution in [2.24, 2.45) is 23.3 Å². The first-order chi connectivity index (χ1) is 7.49. The van der Waals surface area contributed by atoms with E-state index in [1.165, 1.54) is 0 Å². The zero-order chi connectivity index (χ0) is 12.6. The lowest BCUT2D eigenvalue weighted by atomic mass is 9.95. The molecule has 0 spiro atoms. The molecule has 0 fully saturated rings. The number of amides is 2. The van der Waals surface area contributed by atoms with Crippen LogP contribution in [-0.2, 0) is 14.3 Å². The summed E-state index contributed by atoms with van der Waals surface area (Å²) in [5.41, 5.74) is 10.4. The maximum Gasteiger partial charge on any atom is 0.243 e. The highest BCUT2D eigenvalue weighted by atomic mass is 16.5. The van der Waals surface area contributed by atoms with Crippen LogP contribution < -0.4 is 16.8 Å². The van der Waals surface area contributed by atoms with E-state index in [9.17, 15) is 9.59 Å². The molecule has 94 valence electrons. The van der Waals surface area contributed by atoms with E-state index in [4.69, 9.17) is 16.2 Å². The number of hydrogen-bond acceptors (Lipinski definition) is 4. The number of hydrogen-bond donors (Lipinski definition) is 3. The lowest BCUT2D eigenvalue weighted by molar-refractivity contribution is -0.126. The highest BCUT2D eigenvalue weighted by Crippen LogP contribution is 2.08. The minimum Gasteiger partial charge on any atom is -0.370 e. The molecule has 0 aromatic carbocycles. The average Bonchev–Trinajstić information content (AvgIpc) is 2.17. The molecule has 0 heterocycles. The number of nitrogens with two attached hydrogens (primary N) is 2. The molecule has 0 aromatic rings. The average molecular weight is 231 g/mol. The smallest absolute Gasteiger partial charge is 0.243 e. The Kier molecular flexibility index (Phi) is 7.49. The summed E-state index contributed by atoms with van der Waals surface area (Å²) in [6, 6.07) is 0. The molecule has 0 aromatic heterocycles. The van der Waals surface area contributed by atoms with Gasteiger partial charge in [-0.25, -0.2) is 0 Å². The molecule has 2 amide bonds. The SMILES string of the molecule is CC(C)C(CN)C(=O)NCCOCC(N)=O. The summed E-state index contributed by atoms with van der Waals surface area (Å²) in [5, 5.41) is 2.69. The Labute approximate surface area is 95.7 Å². The minimum atomic E-state index is -0.520. The molecule has 16 heavy (non-hydrogen) atoms. The fourth-order valence-electron chi connectivity index (χ4n) is 1.23. The van der Waals surface area contributed by atoms with Crippen LogP contribution >= 0.6 is 0 Å². The topological polar surface area (TPSA) is 107 Å². The van der Waals surface area contributed by atoms with Crippen LogP contribution in [0, 0.1) is 11.8 Å². The van der Waals surface area contributed by atoms with E-state index in [2.05, 4.69) is 5.32 Å². The van der Waals surface area contributed by atoms with Gasteiger partial charge >= 0.3 is 0 Å². The van der Waals surface area contributed by atoms with E-state index in [0.29, 0.717) is 13.1 Å². The summed E-state index contributed by atoms with van der Waals surface area (Å²) >= 11 is 0. The number of carbonyl (C=O) groups is 2. The first-order valence-corrected chi connectivity index (χ1v) is 5.32. The van der Waals surface area contributed by atoms with Gasteiger partial charge in [0.05, 0.1) is 12.5 Å². The van der Waals surface area contributed by atoms with Crippen LogP contribution in [0.5, 0.6) is 0 Å². The molecule has 0 rings (SSSR count). The Morgan fingerprint density at radius 2 is 2.00 bits per heavy atom. The van der Waals surface area contributed by atoms with Crippen LogP contribution in [0.15, 0.2) is 0 Å². The number of primary amides is 1. The lowest BCUT2D eigenvalue weighted by Crippen LogP contribution is -2.39. The van der Waals surface area contributed by atoms with Crippen molar-refractivity contribution in [3.05, 3.63) is 0 Å². The third kappa shape index (κ3) is 6.36. The highest BCUT2D eigenvalue weighted by molar-refractivity contribution is 5.79. The van der Waals surface area contributed by atoms with E-state index >= 15 is 0 Å². The summed E-state index contributed by atoms with van der Waals surface area (Å²) in [4.78, 5) is 21.9. The summed E-state index contributed by atoms with van der Waals surface area (Å²) in [6.45, 7) is 4.72. The Balaban J connectivity index is 3.68. The molecular formula is C10H21N3O3. The second-order valence-corrected chi connectivity index (χ2v) is 3.90. The van der Waals surface area contributed by atoms with Crippen molar-refractivity contribution in [3.63, 3.8) is 0 Å². The molecule has 1 unspecified atom stereocenters. The number of ether oxygens (including phenoxy) is 1. The van der Waals surface area contributed by atoms with Gasteiger partial charge in [0.25, 0.3) is 0 Å². The minimum absolute atomic E-state index is 0.0832. The molecular weight excluding hydrogens is 210 g/mol. The van der Waals surface area contributed by atoms with Crippen molar-refractivity contribution in [2.45, 2.75) is 13.8 Å². The standard InChI is InChI=1S/C10H21N3O3/c1-7(2)8(5-11)10(15)13-3-4-16-6-9(12)14/h7-8H,3-6,11H2,1-2H3,(H2,12,14)(H,13,15). The molecule has 0 saturated heterocycles. The first-order valence-electron chi connectivity index (χ1n) is 5.32. The van der Waals surface area contributed by atoms with Gasteiger partial charge in [-0.3, -0.25) is 9.59 Å². The predicted octanol–water partition coefficient (Wildman–Crippen LogP) is -1.16. The van der Waals surface area contributed by atoms with Gasteiger partial charge in [-0.05, 0) is 5.92 Å².